The topological polar surface area (TPSA) is 65.4 Å². The van der Waals surface area contributed by atoms with E-state index in [0.29, 0.717) is 0 Å². The zero-order valence-electron chi connectivity index (χ0n) is 18.5. The number of nitrogens with zero attached hydrogens (tertiary/aromatic N) is 2. The van der Waals surface area contributed by atoms with E-state index < -0.39 is 53.7 Å². The number of rotatable bonds is 8. The van der Waals surface area contributed by atoms with Crippen LogP contribution in [0.2, 0.25) is 0 Å². The van der Waals surface area contributed by atoms with E-state index in [-0.39, 0.29) is 40.7 Å². The van der Waals surface area contributed by atoms with E-state index in [1.54, 1.807) is 6.92 Å². The first-order valence-electron chi connectivity index (χ1n) is 10.0. The average molecular weight is 505 g/mol. The number of anilines is 1. The quantitative estimate of drug-likeness (QED) is 0.250. The lowest BCUT2D eigenvalue weighted by molar-refractivity contribution is -0.0514. The number of alkyl halides is 2. The second kappa shape index (κ2) is 10.2. The fourth-order valence-corrected chi connectivity index (χ4v) is 3.27. The van der Waals surface area contributed by atoms with Crippen LogP contribution in [-0.2, 0) is 6.54 Å². The summed E-state index contributed by atoms with van der Waals surface area (Å²) in [6, 6.07) is 3.51. The van der Waals surface area contributed by atoms with E-state index >= 15 is 0 Å². The van der Waals surface area contributed by atoms with Crippen molar-refractivity contribution >= 4 is 11.6 Å². The van der Waals surface area contributed by atoms with Gasteiger partial charge < -0.3 is 14.8 Å². The maximum Gasteiger partial charge on any atom is 0.387 e. The number of carbonyl (C=O) groups excluding carboxylic acids is 1. The first kappa shape index (κ1) is 25.8. The molecule has 0 saturated heterocycles. The summed E-state index contributed by atoms with van der Waals surface area (Å²) in [6.07, 6.45) is 0. The number of aryl methyl sites for hydroxylation is 1. The van der Waals surface area contributed by atoms with Gasteiger partial charge in [-0.25, -0.2) is 22.0 Å². The van der Waals surface area contributed by atoms with Crippen molar-refractivity contribution in [2.24, 2.45) is 0 Å². The van der Waals surface area contributed by atoms with Gasteiger partial charge in [0.2, 0.25) is 5.82 Å². The molecule has 0 fully saturated rings. The Hall–Kier alpha value is -3.77. The lowest BCUT2D eigenvalue weighted by atomic mass is 10.1. The Labute approximate surface area is 194 Å². The summed E-state index contributed by atoms with van der Waals surface area (Å²) >= 11 is 0. The van der Waals surface area contributed by atoms with E-state index in [2.05, 4.69) is 15.2 Å². The number of benzene rings is 2. The monoisotopic (exact) mass is 505 g/mol. The molecule has 0 unspecified atom stereocenters. The number of ether oxygens (including phenoxy) is 2. The van der Waals surface area contributed by atoms with Crippen LogP contribution in [0.25, 0.3) is 0 Å². The highest BCUT2D eigenvalue weighted by Gasteiger charge is 2.27. The van der Waals surface area contributed by atoms with Gasteiger partial charge in [0.25, 0.3) is 5.91 Å². The highest BCUT2D eigenvalue weighted by atomic mass is 19.3. The lowest BCUT2D eigenvalue weighted by Crippen LogP contribution is -2.15. The van der Waals surface area contributed by atoms with Gasteiger partial charge >= 0.3 is 6.61 Å². The van der Waals surface area contributed by atoms with Crippen molar-refractivity contribution in [2.75, 3.05) is 11.9 Å². The summed E-state index contributed by atoms with van der Waals surface area (Å²) in [5.74, 6) is -11.5. The number of hydrogen-bond donors (Lipinski definition) is 1. The second-order valence-electron chi connectivity index (χ2n) is 7.18. The third-order valence-electron chi connectivity index (χ3n) is 4.95. The van der Waals surface area contributed by atoms with E-state index in [1.807, 2.05) is 0 Å². The number of hydrogen-bond acceptors (Lipinski definition) is 4. The number of amides is 1. The summed E-state index contributed by atoms with van der Waals surface area (Å²) in [5.41, 5.74) is -0.642. The molecule has 35 heavy (non-hydrogen) atoms. The van der Waals surface area contributed by atoms with Crippen LogP contribution in [-0.4, -0.2) is 28.9 Å². The van der Waals surface area contributed by atoms with E-state index in [1.165, 1.54) is 26.0 Å². The van der Waals surface area contributed by atoms with Crippen LogP contribution >= 0.6 is 0 Å². The van der Waals surface area contributed by atoms with Crippen LogP contribution in [0, 0.1) is 42.9 Å². The predicted octanol–water partition coefficient (Wildman–Crippen LogP) is 5.50. The molecular formula is C22H18F7N3O3. The molecule has 0 radical (unpaired) electrons. The molecular weight excluding hydrogens is 487 g/mol. The minimum absolute atomic E-state index is 0.00128. The van der Waals surface area contributed by atoms with Crippen molar-refractivity contribution in [1.29, 1.82) is 0 Å². The Morgan fingerprint density at radius 2 is 1.60 bits per heavy atom. The molecule has 13 heteroatoms. The molecule has 0 atom stereocenters. The van der Waals surface area contributed by atoms with Gasteiger partial charge in [-0.1, -0.05) is 0 Å². The molecule has 0 bridgehead atoms. The fraction of sp³-hybridized carbons (Fsp3) is 0.273. The van der Waals surface area contributed by atoms with Gasteiger partial charge in [-0.05, 0) is 39.0 Å². The molecule has 0 aliphatic carbocycles. The molecule has 0 spiro atoms. The molecule has 2 aromatic carbocycles. The van der Waals surface area contributed by atoms with Gasteiger partial charge in [-0.3, -0.25) is 9.48 Å². The molecule has 0 saturated carbocycles. The minimum atomic E-state index is -3.11. The number of aromatic nitrogens is 2. The number of carbonyl (C=O) groups is 1. The maximum atomic E-state index is 14.1. The van der Waals surface area contributed by atoms with Gasteiger partial charge in [0.1, 0.15) is 0 Å². The van der Waals surface area contributed by atoms with Gasteiger partial charge in [-0.2, -0.15) is 13.9 Å². The molecule has 1 N–H and O–H groups in total. The van der Waals surface area contributed by atoms with Crippen molar-refractivity contribution in [2.45, 2.75) is 33.9 Å². The van der Waals surface area contributed by atoms with Crippen LogP contribution in [0.1, 0.15) is 34.2 Å². The Bertz CT molecular complexity index is 1250. The lowest BCUT2D eigenvalue weighted by Gasteiger charge is -2.13. The number of halogens is 7. The average Bonchev–Trinajstić information content (AvgIpc) is 3.07. The Kier molecular flexibility index (Phi) is 7.56. The molecule has 3 aromatic rings. The second-order valence-corrected chi connectivity index (χ2v) is 7.18. The summed E-state index contributed by atoms with van der Waals surface area (Å²) < 4.78 is 104. The van der Waals surface area contributed by atoms with E-state index in [9.17, 15) is 35.5 Å². The largest absolute Gasteiger partial charge is 0.490 e. The first-order chi connectivity index (χ1) is 16.5. The van der Waals surface area contributed by atoms with E-state index in [4.69, 9.17) is 4.74 Å². The summed E-state index contributed by atoms with van der Waals surface area (Å²) in [4.78, 5) is 12.8. The smallest absolute Gasteiger partial charge is 0.387 e. The van der Waals surface area contributed by atoms with Crippen LogP contribution in [0.15, 0.2) is 18.2 Å². The fourth-order valence-electron chi connectivity index (χ4n) is 3.27. The van der Waals surface area contributed by atoms with E-state index in [0.717, 1.165) is 10.7 Å². The van der Waals surface area contributed by atoms with Crippen LogP contribution in [0.5, 0.6) is 11.5 Å². The summed E-state index contributed by atoms with van der Waals surface area (Å²) in [7, 11) is 0. The highest BCUT2D eigenvalue weighted by Crippen LogP contribution is 2.31. The van der Waals surface area contributed by atoms with Crippen molar-refractivity contribution < 1.29 is 45.0 Å². The number of nitrogens with one attached hydrogen (secondary N) is 1. The summed E-state index contributed by atoms with van der Waals surface area (Å²) in [6.45, 7) is 0.651. The minimum Gasteiger partial charge on any atom is -0.490 e. The van der Waals surface area contributed by atoms with Crippen molar-refractivity contribution in [3.05, 3.63) is 69.8 Å². The Morgan fingerprint density at radius 1 is 1.00 bits per heavy atom. The third-order valence-corrected chi connectivity index (χ3v) is 4.95. The standard InChI is InChI=1S/C22H18F7N3O3/c1-4-34-14-7-11(5-6-13(14)35-22(28)29)21(33)30-20-9(2)31-32(10(20)3)8-12-15(23)17(25)19(27)18(26)16(12)24/h5-7,22H,4,8H2,1-3H3,(H,30,33). The van der Waals surface area contributed by atoms with Crippen molar-refractivity contribution in [1.82, 2.24) is 9.78 Å². The zero-order chi connectivity index (χ0) is 26.0. The molecule has 0 aliphatic rings. The Morgan fingerprint density at radius 3 is 2.17 bits per heavy atom. The van der Waals surface area contributed by atoms with Crippen molar-refractivity contribution in [3.8, 4) is 11.5 Å². The van der Waals surface area contributed by atoms with Gasteiger partial charge in [0.05, 0.1) is 35.8 Å². The van der Waals surface area contributed by atoms with Crippen LogP contribution < -0.4 is 14.8 Å². The SMILES string of the molecule is CCOc1cc(C(=O)Nc2c(C)nn(Cc3c(F)c(F)c(F)c(F)c3F)c2C)ccc1OC(F)F. The van der Waals surface area contributed by atoms with Gasteiger partial charge in [0.15, 0.2) is 34.8 Å². The molecule has 1 aromatic heterocycles. The molecule has 188 valence electrons. The zero-order valence-corrected chi connectivity index (χ0v) is 18.5. The molecule has 1 heterocycles. The molecule has 1 amide bonds. The van der Waals surface area contributed by atoms with Gasteiger partial charge in [-0.15, -0.1) is 0 Å². The molecule has 6 nitrogen and oxygen atoms in total. The molecule has 3 rings (SSSR count). The highest BCUT2D eigenvalue weighted by molar-refractivity contribution is 6.05. The predicted molar refractivity (Wildman–Crippen MR) is 109 cm³/mol. The van der Waals surface area contributed by atoms with Gasteiger partial charge in [0, 0.05) is 5.56 Å². The first-order valence-corrected chi connectivity index (χ1v) is 10.0. The molecule has 0 aliphatic heterocycles. The van der Waals surface area contributed by atoms with Crippen LogP contribution in [0.4, 0.5) is 36.4 Å². The maximum absolute atomic E-state index is 14.1. The third kappa shape index (κ3) is 5.17. The van der Waals surface area contributed by atoms with Crippen LogP contribution in [0.3, 0.4) is 0 Å². The Balaban J connectivity index is 1.90. The summed E-state index contributed by atoms with van der Waals surface area (Å²) in [5, 5.41) is 6.54. The van der Waals surface area contributed by atoms with Crippen molar-refractivity contribution in [3.63, 3.8) is 0 Å². The normalized spacial score (nSPS) is 11.2.